The minimum Gasteiger partial charge on any atom is -0.497 e. The minimum atomic E-state index is -0.252. The van der Waals surface area contributed by atoms with Gasteiger partial charge < -0.3 is 19.4 Å². The number of furan rings is 1. The van der Waals surface area contributed by atoms with Crippen molar-refractivity contribution in [2.45, 2.75) is 23.1 Å². The van der Waals surface area contributed by atoms with Gasteiger partial charge in [0, 0.05) is 17.5 Å². The van der Waals surface area contributed by atoms with Crippen molar-refractivity contribution in [3.63, 3.8) is 0 Å². The smallest absolute Gasteiger partial charge is 0.251 e. The van der Waals surface area contributed by atoms with Crippen LogP contribution in [0.3, 0.4) is 0 Å². The maximum absolute atomic E-state index is 12.9. The van der Waals surface area contributed by atoms with Gasteiger partial charge in [-0.25, -0.2) is 0 Å². The average Bonchev–Trinajstić information content (AvgIpc) is 3.29. The summed E-state index contributed by atoms with van der Waals surface area (Å²) in [7, 11) is 3.41. The van der Waals surface area contributed by atoms with Crippen LogP contribution in [0.5, 0.6) is 5.75 Å². The fourth-order valence-corrected chi connectivity index (χ4v) is 4.71. The summed E-state index contributed by atoms with van der Waals surface area (Å²) in [6.45, 7) is 0.328. The molecular formula is C23H22N2O4S. The first-order valence-corrected chi connectivity index (χ1v) is 10.4. The summed E-state index contributed by atoms with van der Waals surface area (Å²) in [6, 6.07) is 16.7. The van der Waals surface area contributed by atoms with Gasteiger partial charge in [0.1, 0.15) is 11.5 Å². The lowest BCUT2D eigenvalue weighted by Gasteiger charge is -2.31. The Labute approximate surface area is 179 Å². The van der Waals surface area contributed by atoms with Gasteiger partial charge in [0.15, 0.2) is 0 Å². The van der Waals surface area contributed by atoms with Gasteiger partial charge in [0.2, 0.25) is 5.91 Å². The normalized spacial score (nSPS) is 15.6. The highest BCUT2D eigenvalue weighted by atomic mass is 32.2. The molecule has 1 aromatic heterocycles. The highest BCUT2D eigenvalue weighted by molar-refractivity contribution is 8.01. The maximum Gasteiger partial charge on any atom is 0.251 e. The second-order valence-corrected chi connectivity index (χ2v) is 8.25. The molecular weight excluding hydrogens is 400 g/mol. The Kier molecular flexibility index (Phi) is 5.81. The molecule has 0 saturated carbocycles. The molecule has 0 radical (unpaired) electrons. The van der Waals surface area contributed by atoms with Crippen LogP contribution in [-0.4, -0.2) is 31.2 Å². The lowest BCUT2D eigenvalue weighted by molar-refractivity contribution is -0.117. The molecule has 7 heteroatoms. The van der Waals surface area contributed by atoms with Crippen molar-refractivity contribution >= 4 is 29.3 Å². The summed E-state index contributed by atoms with van der Waals surface area (Å²) >= 11 is 1.50. The standard InChI is InChI=1S/C23H22N2O4S/c1-25-19-10-7-16(22(26)24-14-18-4-3-11-29-18)13-20(19)30-21(23(25)27)12-15-5-8-17(28-2)9-6-15/h3-11,13,21H,12,14H2,1-2H3,(H,24,26). The molecule has 1 aliphatic heterocycles. The van der Waals surface area contributed by atoms with Gasteiger partial charge in [0.05, 0.1) is 30.9 Å². The molecule has 1 aliphatic rings. The van der Waals surface area contributed by atoms with E-state index in [1.165, 1.54) is 11.8 Å². The van der Waals surface area contributed by atoms with E-state index in [4.69, 9.17) is 9.15 Å². The minimum absolute atomic E-state index is 0.0540. The molecule has 4 rings (SSSR count). The number of amides is 2. The highest BCUT2D eigenvalue weighted by Crippen LogP contribution is 2.40. The largest absolute Gasteiger partial charge is 0.497 e. The molecule has 2 heterocycles. The van der Waals surface area contributed by atoms with E-state index in [0.717, 1.165) is 21.9 Å². The van der Waals surface area contributed by atoms with Crippen LogP contribution in [0.25, 0.3) is 0 Å². The summed E-state index contributed by atoms with van der Waals surface area (Å²) in [6.07, 6.45) is 2.18. The lowest BCUT2D eigenvalue weighted by Crippen LogP contribution is -2.39. The van der Waals surface area contributed by atoms with Crippen LogP contribution in [0, 0.1) is 0 Å². The number of rotatable bonds is 6. The summed E-state index contributed by atoms with van der Waals surface area (Å²) in [5.74, 6) is 1.36. The predicted octanol–water partition coefficient (Wildman–Crippen LogP) is 3.90. The number of carbonyl (C=O) groups excluding carboxylic acids is 2. The summed E-state index contributed by atoms with van der Waals surface area (Å²) in [5, 5.41) is 2.60. The summed E-state index contributed by atoms with van der Waals surface area (Å²) in [4.78, 5) is 28.0. The van der Waals surface area contributed by atoms with Gasteiger partial charge in [-0.05, 0) is 54.4 Å². The maximum atomic E-state index is 12.9. The number of hydrogen-bond donors (Lipinski definition) is 1. The molecule has 6 nitrogen and oxygen atoms in total. The first-order chi connectivity index (χ1) is 14.5. The SMILES string of the molecule is COc1ccc(CC2Sc3cc(C(=O)NCc4ccco4)ccc3N(C)C2=O)cc1. The summed E-state index contributed by atoms with van der Waals surface area (Å²) in [5.41, 5.74) is 2.43. The molecule has 0 bridgehead atoms. The van der Waals surface area contributed by atoms with Crippen LogP contribution >= 0.6 is 11.8 Å². The van der Waals surface area contributed by atoms with Crippen LogP contribution < -0.4 is 15.0 Å². The van der Waals surface area contributed by atoms with Crippen molar-refractivity contribution in [2.24, 2.45) is 0 Å². The molecule has 1 atom stereocenters. The van der Waals surface area contributed by atoms with E-state index in [1.807, 2.05) is 42.5 Å². The number of methoxy groups -OCH3 is 1. The van der Waals surface area contributed by atoms with Gasteiger partial charge in [-0.1, -0.05) is 12.1 Å². The zero-order valence-corrected chi connectivity index (χ0v) is 17.6. The Morgan fingerprint density at radius 2 is 2.00 bits per heavy atom. The van der Waals surface area contributed by atoms with Gasteiger partial charge in [-0.2, -0.15) is 0 Å². The Morgan fingerprint density at radius 1 is 1.20 bits per heavy atom. The lowest BCUT2D eigenvalue weighted by atomic mass is 10.1. The van der Waals surface area contributed by atoms with E-state index in [0.29, 0.717) is 24.3 Å². The van der Waals surface area contributed by atoms with Crippen LogP contribution in [0.15, 0.2) is 70.2 Å². The molecule has 154 valence electrons. The molecule has 2 aromatic carbocycles. The molecule has 30 heavy (non-hydrogen) atoms. The van der Waals surface area contributed by atoms with Crippen LogP contribution in [0.4, 0.5) is 5.69 Å². The molecule has 0 aliphatic carbocycles. The predicted molar refractivity (Wildman–Crippen MR) is 116 cm³/mol. The molecule has 0 spiro atoms. The number of nitrogens with one attached hydrogen (secondary N) is 1. The fourth-order valence-electron chi connectivity index (χ4n) is 3.35. The molecule has 2 amide bonds. The third kappa shape index (κ3) is 4.21. The van der Waals surface area contributed by atoms with Crippen molar-refractivity contribution in [3.05, 3.63) is 77.7 Å². The molecule has 3 aromatic rings. The second kappa shape index (κ2) is 8.67. The van der Waals surface area contributed by atoms with Crippen molar-refractivity contribution < 1.29 is 18.7 Å². The van der Waals surface area contributed by atoms with Crippen LogP contribution in [-0.2, 0) is 17.8 Å². The number of fused-ring (bicyclic) bond motifs is 1. The van der Waals surface area contributed by atoms with E-state index < -0.39 is 0 Å². The topological polar surface area (TPSA) is 71.8 Å². The van der Waals surface area contributed by atoms with Gasteiger partial charge in [-0.15, -0.1) is 11.8 Å². The van der Waals surface area contributed by atoms with Crippen molar-refractivity contribution in [2.75, 3.05) is 19.1 Å². The molecule has 1 unspecified atom stereocenters. The third-order valence-electron chi connectivity index (χ3n) is 5.04. The van der Waals surface area contributed by atoms with Gasteiger partial charge >= 0.3 is 0 Å². The monoisotopic (exact) mass is 422 g/mol. The fraction of sp³-hybridized carbons (Fsp3) is 0.217. The van der Waals surface area contributed by atoms with Crippen LogP contribution in [0.1, 0.15) is 21.7 Å². The van der Waals surface area contributed by atoms with Crippen LogP contribution in [0.2, 0.25) is 0 Å². The average molecular weight is 423 g/mol. The van der Waals surface area contributed by atoms with Crippen molar-refractivity contribution in [3.8, 4) is 5.75 Å². The Balaban J connectivity index is 1.50. The third-order valence-corrected chi connectivity index (χ3v) is 6.28. The second-order valence-electron chi connectivity index (χ2n) is 7.00. The highest BCUT2D eigenvalue weighted by Gasteiger charge is 2.32. The Hall–Kier alpha value is -3.19. The molecule has 0 fully saturated rings. The Bertz CT molecular complexity index is 1050. The first kappa shape index (κ1) is 20.1. The molecule has 1 N–H and O–H groups in total. The van der Waals surface area contributed by atoms with E-state index in [1.54, 1.807) is 37.5 Å². The van der Waals surface area contributed by atoms with E-state index >= 15 is 0 Å². The zero-order valence-electron chi connectivity index (χ0n) is 16.8. The number of hydrogen-bond acceptors (Lipinski definition) is 5. The number of benzene rings is 2. The first-order valence-electron chi connectivity index (χ1n) is 9.57. The number of anilines is 1. The number of ether oxygens (including phenoxy) is 1. The number of carbonyl (C=O) groups is 2. The summed E-state index contributed by atoms with van der Waals surface area (Å²) < 4.78 is 10.4. The van der Waals surface area contributed by atoms with Gasteiger partial charge in [-0.3, -0.25) is 9.59 Å². The number of thioether (sulfide) groups is 1. The quantitative estimate of drug-likeness (QED) is 0.652. The van der Waals surface area contributed by atoms with E-state index in [2.05, 4.69) is 5.32 Å². The van der Waals surface area contributed by atoms with Crippen molar-refractivity contribution in [1.82, 2.24) is 5.32 Å². The molecule has 0 saturated heterocycles. The van der Waals surface area contributed by atoms with Crippen molar-refractivity contribution in [1.29, 1.82) is 0 Å². The number of nitrogens with zero attached hydrogens (tertiary/aromatic N) is 1. The van der Waals surface area contributed by atoms with E-state index in [9.17, 15) is 9.59 Å². The zero-order chi connectivity index (χ0) is 21.1. The van der Waals surface area contributed by atoms with Gasteiger partial charge in [0.25, 0.3) is 5.91 Å². The van der Waals surface area contributed by atoms with E-state index in [-0.39, 0.29) is 17.1 Å². The Morgan fingerprint density at radius 3 is 2.70 bits per heavy atom.